The van der Waals surface area contributed by atoms with Gasteiger partial charge in [-0.2, -0.15) is 0 Å². The third-order valence-corrected chi connectivity index (χ3v) is 2.35. The molecule has 2 heteroatoms. The summed E-state index contributed by atoms with van der Waals surface area (Å²) in [6, 6.07) is 8.04. The Morgan fingerprint density at radius 3 is 2.60 bits per heavy atom. The highest BCUT2D eigenvalue weighted by Crippen LogP contribution is 2.26. The highest BCUT2D eigenvalue weighted by molar-refractivity contribution is 8.21. The molecule has 0 bridgehead atoms. The summed E-state index contributed by atoms with van der Waals surface area (Å²) in [6.07, 6.45) is 2.05. The molecule has 0 aromatic heterocycles. The van der Waals surface area contributed by atoms with Gasteiger partial charge in [-0.25, -0.2) is 0 Å². The zero-order chi connectivity index (χ0) is 7.40. The number of rotatable bonds is 2. The first-order valence-electron chi connectivity index (χ1n) is 3.05. The summed E-state index contributed by atoms with van der Waals surface area (Å²) >= 11 is 0. The highest BCUT2D eigenvalue weighted by Gasteiger charge is 1.96. The molecule has 0 aliphatic rings. The predicted molar refractivity (Wildman–Crippen MR) is 47.2 cm³/mol. The summed E-state index contributed by atoms with van der Waals surface area (Å²) in [6.45, 7) is 2.01. The number of hydrogen-bond acceptors (Lipinski definition) is 1. The molecule has 0 nitrogen and oxygen atoms in total. The Bertz CT molecular complexity index is 187. The van der Waals surface area contributed by atoms with E-state index in [0.29, 0.717) is 0 Å². The smallest absolute Gasteiger partial charge is 0.0268 e. The second kappa shape index (κ2) is 3.89. The molecule has 0 aliphatic carbocycles. The molecular weight excluding hydrogens is 164 g/mol. The molecule has 1 aromatic carbocycles. The van der Waals surface area contributed by atoms with E-state index in [9.17, 15) is 0 Å². The second-order valence-electron chi connectivity index (χ2n) is 1.90. The molecule has 0 aliphatic heterocycles. The summed E-state index contributed by atoms with van der Waals surface area (Å²) < 4.78 is 0. The topological polar surface area (TPSA) is 0 Å². The largest absolute Gasteiger partial charge is 0.0619 e. The van der Waals surface area contributed by atoms with Crippen LogP contribution in [-0.2, 0) is 0 Å². The van der Waals surface area contributed by atoms with Crippen LogP contribution >= 0.6 is 21.7 Å². The Morgan fingerprint density at radius 2 is 2.10 bits per heavy atom. The third-order valence-electron chi connectivity index (χ3n) is 1.31. The van der Waals surface area contributed by atoms with Gasteiger partial charge in [0.05, 0.1) is 0 Å². The normalized spacial score (nSPS) is 9.80. The quantitative estimate of drug-likeness (QED) is 0.657. The lowest BCUT2D eigenvalue weighted by atomic mass is 10.2. The van der Waals surface area contributed by atoms with Crippen molar-refractivity contribution in [3.8, 4) is 0 Å². The molecule has 0 N–H and O–H groups in total. The minimum Gasteiger partial charge on any atom is -0.0619 e. The molecule has 0 atom stereocenters. The number of benzene rings is 1. The van der Waals surface area contributed by atoms with Crippen molar-refractivity contribution in [3.63, 3.8) is 0 Å². The van der Waals surface area contributed by atoms with Crippen LogP contribution in [0.15, 0.2) is 29.2 Å². The maximum atomic E-state index is 5.61. The third kappa shape index (κ3) is 1.68. The van der Waals surface area contributed by atoms with Crippen LogP contribution in [0.2, 0.25) is 0 Å². The Labute approximate surface area is 70.1 Å². The first-order chi connectivity index (χ1) is 4.88. The molecule has 1 radical (unpaired) electrons. The maximum absolute atomic E-state index is 5.61. The van der Waals surface area contributed by atoms with Crippen molar-refractivity contribution in [1.29, 1.82) is 0 Å². The van der Waals surface area contributed by atoms with Crippen LogP contribution < -0.4 is 0 Å². The molecule has 0 heterocycles. The lowest BCUT2D eigenvalue weighted by molar-refractivity contribution is 1.30. The van der Waals surface area contributed by atoms with E-state index in [1.54, 1.807) is 0 Å². The molecule has 0 saturated carbocycles. The average molecular weight is 172 g/mol. The summed E-state index contributed by atoms with van der Waals surface area (Å²) in [7, 11) is 6.87. The van der Waals surface area contributed by atoms with Crippen molar-refractivity contribution < 1.29 is 0 Å². The van der Waals surface area contributed by atoms with Crippen molar-refractivity contribution in [2.24, 2.45) is 0 Å². The van der Waals surface area contributed by atoms with Gasteiger partial charge in [-0.05, 0) is 39.7 Å². The van der Waals surface area contributed by atoms with E-state index in [0.717, 1.165) is 4.90 Å². The van der Waals surface area contributed by atoms with Gasteiger partial charge in [0.15, 0.2) is 0 Å². The fraction of sp³-hybridized carbons (Fsp3) is 0.125. The fourth-order valence-corrected chi connectivity index (χ4v) is 1.62. The Morgan fingerprint density at radius 1 is 1.40 bits per heavy atom. The minimum atomic E-state index is 1.12. The molecule has 53 valence electrons. The van der Waals surface area contributed by atoms with Crippen molar-refractivity contribution in [2.45, 2.75) is 11.8 Å². The van der Waals surface area contributed by atoms with Crippen molar-refractivity contribution in [3.05, 3.63) is 36.2 Å². The van der Waals surface area contributed by atoms with E-state index in [4.69, 9.17) is 10.7 Å². The van der Waals surface area contributed by atoms with Gasteiger partial charge in [-0.15, -0.1) is 0 Å². The Balaban J connectivity index is 2.96. The van der Waals surface area contributed by atoms with Crippen molar-refractivity contribution in [2.75, 3.05) is 0 Å². The monoisotopic (exact) mass is 171 g/mol. The van der Waals surface area contributed by atoms with Crippen molar-refractivity contribution >= 4 is 21.7 Å². The van der Waals surface area contributed by atoms with E-state index in [1.807, 2.05) is 37.6 Å². The zero-order valence-corrected chi connectivity index (χ0v) is 7.25. The van der Waals surface area contributed by atoms with E-state index in [-0.39, 0.29) is 0 Å². The lowest BCUT2D eigenvalue weighted by Crippen LogP contribution is -1.78. The molecule has 0 fully saturated rings. The first-order valence-corrected chi connectivity index (χ1v) is 4.69. The zero-order valence-electron chi connectivity index (χ0n) is 5.67. The summed E-state index contributed by atoms with van der Waals surface area (Å²) in [5.41, 5.74) is 1.20. The molecule has 0 spiro atoms. The predicted octanol–water partition coefficient (Wildman–Crippen LogP) is 3.50. The van der Waals surface area contributed by atoms with Crippen LogP contribution in [-0.4, -0.2) is 0 Å². The molecular formula is C8H8ClS. The lowest BCUT2D eigenvalue weighted by Gasteiger charge is -1.99. The van der Waals surface area contributed by atoms with E-state index < -0.39 is 0 Å². The molecule has 1 aromatic rings. The second-order valence-corrected chi connectivity index (χ2v) is 2.96. The van der Waals surface area contributed by atoms with Crippen LogP contribution in [0.4, 0.5) is 0 Å². The fourth-order valence-electron chi connectivity index (χ4n) is 0.789. The van der Waals surface area contributed by atoms with Gasteiger partial charge < -0.3 is 0 Å². The van der Waals surface area contributed by atoms with Gasteiger partial charge in [-0.3, -0.25) is 0 Å². The average Bonchev–Trinajstić information content (AvgIpc) is 2.04. The van der Waals surface area contributed by atoms with Crippen LogP contribution in [0.5, 0.6) is 0 Å². The molecule has 0 saturated heterocycles. The molecule has 0 amide bonds. The van der Waals surface area contributed by atoms with E-state index >= 15 is 0 Å². The highest BCUT2D eigenvalue weighted by atomic mass is 35.7. The summed E-state index contributed by atoms with van der Waals surface area (Å²) in [5, 5.41) is 0. The van der Waals surface area contributed by atoms with Gasteiger partial charge >= 0.3 is 0 Å². The van der Waals surface area contributed by atoms with Crippen LogP contribution in [0, 0.1) is 6.42 Å². The van der Waals surface area contributed by atoms with Gasteiger partial charge in [0.2, 0.25) is 0 Å². The van der Waals surface area contributed by atoms with Gasteiger partial charge in [0.1, 0.15) is 0 Å². The molecule has 10 heavy (non-hydrogen) atoms. The first kappa shape index (κ1) is 7.96. The van der Waals surface area contributed by atoms with Crippen LogP contribution in [0.25, 0.3) is 0 Å². The summed E-state index contributed by atoms with van der Waals surface area (Å²) in [5.74, 6) is 0. The van der Waals surface area contributed by atoms with Gasteiger partial charge in [0, 0.05) is 4.90 Å². The Kier molecular flexibility index (Phi) is 3.10. The standard InChI is InChI=1S/C8H8ClS/c1-2-7-5-3-4-6-8(7)10-9/h2-6H,1H3. The van der Waals surface area contributed by atoms with Gasteiger partial charge in [-0.1, -0.05) is 25.1 Å². The molecule has 0 unspecified atom stereocenters. The van der Waals surface area contributed by atoms with E-state index in [2.05, 4.69) is 0 Å². The van der Waals surface area contributed by atoms with E-state index in [1.165, 1.54) is 16.5 Å². The number of halogens is 1. The summed E-state index contributed by atoms with van der Waals surface area (Å²) in [4.78, 5) is 1.12. The molecule has 1 rings (SSSR count). The Hall–Kier alpha value is -0.140. The van der Waals surface area contributed by atoms with Crippen LogP contribution in [0.1, 0.15) is 12.5 Å². The van der Waals surface area contributed by atoms with Crippen LogP contribution in [0.3, 0.4) is 0 Å². The minimum absolute atomic E-state index is 1.12. The van der Waals surface area contributed by atoms with Crippen molar-refractivity contribution in [1.82, 2.24) is 0 Å². The number of hydrogen-bond donors (Lipinski definition) is 0. The maximum Gasteiger partial charge on any atom is 0.0268 e. The SMILES string of the molecule is C[CH]c1ccccc1SCl. The van der Waals surface area contributed by atoms with Gasteiger partial charge in [0.25, 0.3) is 0 Å².